The van der Waals surface area contributed by atoms with Gasteiger partial charge >= 0.3 is 5.97 Å². The minimum Gasteiger partial charge on any atom is -0.462 e. The molecular formula is C19H24BrN3O4S. The Labute approximate surface area is 176 Å². The molecule has 7 nitrogen and oxygen atoms in total. The van der Waals surface area contributed by atoms with Gasteiger partial charge in [0.1, 0.15) is 11.4 Å². The van der Waals surface area contributed by atoms with Gasteiger partial charge in [-0.25, -0.2) is 9.78 Å². The lowest BCUT2D eigenvalue weighted by Gasteiger charge is -2.20. The van der Waals surface area contributed by atoms with Crippen LogP contribution in [-0.4, -0.2) is 34.6 Å². The fraction of sp³-hybridized carbons (Fsp3) is 0.474. The Hall–Kier alpha value is -2.00. The van der Waals surface area contributed by atoms with Crippen LogP contribution in [0.5, 0.6) is 0 Å². The molecule has 0 bridgehead atoms. The summed E-state index contributed by atoms with van der Waals surface area (Å²) in [5.41, 5.74) is 0.277. The number of unbranched alkanes of at least 4 members (excludes halogenated alkanes) is 2. The minimum absolute atomic E-state index is 0.0994. The average Bonchev–Trinajstić information content (AvgIpc) is 3.03. The lowest BCUT2D eigenvalue weighted by Crippen LogP contribution is -2.37. The number of aryl methyl sites for hydroxylation is 1. The highest BCUT2D eigenvalue weighted by molar-refractivity contribution is 9.10. The molecule has 0 aliphatic heterocycles. The standard InChI is InChI=1S/C19H24BrN3O4S/c1-4-6-7-10-23(16(25)12-22-11-14(20)8-9-15(22)24)19-21-13(3)17(28-19)18(26)27-5-2/h8-9,11H,4-7,10,12H2,1-3H3. The van der Waals surface area contributed by atoms with Gasteiger partial charge in [-0.3, -0.25) is 14.5 Å². The van der Waals surface area contributed by atoms with Gasteiger partial charge < -0.3 is 9.30 Å². The lowest BCUT2D eigenvalue weighted by molar-refractivity contribution is -0.119. The second-order valence-corrected chi connectivity index (χ2v) is 8.09. The van der Waals surface area contributed by atoms with Crippen LogP contribution in [0.3, 0.4) is 0 Å². The van der Waals surface area contributed by atoms with Crippen LogP contribution in [-0.2, 0) is 16.1 Å². The van der Waals surface area contributed by atoms with Crippen molar-refractivity contribution in [1.29, 1.82) is 0 Å². The molecule has 0 aliphatic rings. The molecule has 1 amide bonds. The van der Waals surface area contributed by atoms with E-state index in [-0.39, 0.29) is 24.6 Å². The molecule has 0 saturated carbocycles. The number of amides is 1. The van der Waals surface area contributed by atoms with E-state index in [1.54, 1.807) is 31.0 Å². The Balaban J connectivity index is 2.29. The van der Waals surface area contributed by atoms with Gasteiger partial charge in [0.25, 0.3) is 5.56 Å². The van der Waals surface area contributed by atoms with Crippen molar-refractivity contribution in [1.82, 2.24) is 9.55 Å². The SMILES string of the molecule is CCCCCN(C(=O)Cn1cc(Br)ccc1=O)c1nc(C)c(C(=O)OCC)s1. The molecule has 0 radical (unpaired) electrons. The normalized spacial score (nSPS) is 10.7. The van der Waals surface area contributed by atoms with Crippen molar-refractivity contribution in [3.63, 3.8) is 0 Å². The molecule has 28 heavy (non-hydrogen) atoms. The van der Waals surface area contributed by atoms with Crippen molar-refractivity contribution in [2.24, 2.45) is 0 Å². The number of carbonyl (C=O) groups is 2. The molecule has 0 aliphatic carbocycles. The van der Waals surface area contributed by atoms with Crippen molar-refractivity contribution in [2.75, 3.05) is 18.1 Å². The summed E-state index contributed by atoms with van der Waals surface area (Å²) in [4.78, 5) is 43.5. The molecule has 0 aromatic carbocycles. The topological polar surface area (TPSA) is 81.5 Å². The minimum atomic E-state index is -0.437. The smallest absolute Gasteiger partial charge is 0.350 e. The Morgan fingerprint density at radius 3 is 2.71 bits per heavy atom. The average molecular weight is 470 g/mol. The Bertz CT molecular complexity index is 894. The number of thiazole rings is 1. The Kier molecular flexibility index (Phi) is 8.37. The maximum absolute atomic E-state index is 13.0. The second-order valence-electron chi connectivity index (χ2n) is 6.20. The molecule has 0 unspecified atom stereocenters. The van der Waals surface area contributed by atoms with Crippen molar-refractivity contribution >= 4 is 44.3 Å². The zero-order valence-electron chi connectivity index (χ0n) is 16.2. The lowest BCUT2D eigenvalue weighted by atomic mass is 10.2. The summed E-state index contributed by atoms with van der Waals surface area (Å²) in [5, 5.41) is 0.449. The third-order valence-corrected chi connectivity index (χ3v) is 5.65. The number of nitrogens with zero attached hydrogens (tertiary/aromatic N) is 3. The van der Waals surface area contributed by atoms with Crippen LogP contribution in [0.1, 0.15) is 48.5 Å². The third-order valence-electron chi connectivity index (χ3n) is 4.02. The molecule has 0 saturated heterocycles. The molecule has 0 fully saturated rings. The monoisotopic (exact) mass is 469 g/mol. The van der Waals surface area contributed by atoms with E-state index in [1.807, 2.05) is 0 Å². The largest absolute Gasteiger partial charge is 0.462 e. The van der Waals surface area contributed by atoms with Crippen molar-refractivity contribution in [3.8, 4) is 0 Å². The van der Waals surface area contributed by atoms with E-state index >= 15 is 0 Å². The van der Waals surface area contributed by atoms with Gasteiger partial charge in [0.05, 0.1) is 12.3 Å². The Morgan fingerprint density at radius 2 is 2.04 bits per heavy atom. The van der Waals surface area contributed by atoms with Crippen LogP contribution < -0.4 is 10.5 Å². The number of ether oxygens (including phenoxy) is 1. The van der Waals surface area contributed by atoms with E-state index in [1.165, 1.54) is 10.6 Å². The van der Waals surface area contributed by atoms with Crippen LogP contribution in [0.15, 0.2) is 27.6 Å². The highest BCUT2D eigenvalue weighted by Gasteiger charge is 2.24. The van der Waals surface area contributed by atoms with Crippen LogP contribution >= 0.6 is 27.3 Å². The summed E-state index contributed by atoms with van der Waals surface area (Å²) < 4.78 is 7.13. The third kappa shape index (κ3) is 5.75. The van der Waals surface area contributed by atoms with E-state index in [4.69, 9.17) is 4.74 Å². The van der Waals surface area contributed by atoms with Gasteiger partial charge in [-0.05, 0) is 42.3 Å². The number of aromatic nitrogens is 2. The first kappa shape index (κ1) is 22.3. The molecular weight excluding hydrogens is 446 g/mol. The van der Waals surface area contributed by atoms with Gasteiger partial charge in [0.15, 0.2) is 5.13 Å². The highest BCUT2D eigenvalue weighted by Crippen LogP contribution is 2.27. The number of pyridine rings is 1. The van der Waals surface area contributed by atoms with Crippen LogP contribution in [0, 0.1) is 6.92 Å². The van der Waals surface area contributed by atoms with E-state index in [2.05, 4.69) is 27.8 Å². The van der Waals surface area contributed by atoms with E-state index in [0.717, 1.165) is 30.6 Å². The van der Waals surface area contributed by atoms with Gasteiger partial charge in [0, 0.05) is 23.3 Å². The van der Waals surface area contributed by atoms with E-state index in [0.29, 0.717) is 26.7 Å². The number of esters is 1. The van der Waals surface area contributed by atoms with Crippen molar-refractivity contribution in [2.45, 2.75) is 46.6 Å². The summed E-state index contributed by atoms with van der Waals surface area (Å²) in [6.45, 7) is 6.20. The van der Waals surface area contributed by atoms with Crippen LogP contribution in [0.4, 0.5) is 5.13 Å². The van der Waals surface area contributed by atoms with Gasteiger partial charge in [-0.1, -0.05) is 31.1 Å². The summed E-state index contributed by atoms with van der Waals surface area (Å²) in [6.07, 6.45) is 4.37. The molecule has 0 spiro atoms. The van der Waals surface area contributed by atoms with Gasteiger partial charge in [0.2, 0.25) is 5.91 Å². The maximum atomic E-state index is 13.0. The summed E-state index contributed by atoms with van der Waals surface area (Å²) in [5.74, 6) is -0.687. The summed E-state index contributed by atoms with van der Waals surface area (Å²) in [6, 6.07) is 3.04. The fourth-order valence-corrected chi connectivity index (χ4v) is 3.97. The first-order valence-corrected chi connectivity index (χ1v) is 10.8. The number of hydrogen-bond acceptors (Lipinski definition) is 6. The second kappa shape index (κ2) is 10.5. The summed E-state index contributed by atoms with van der Waals surface area (Å²) >= 11 is 4.46. The highest BCUT2D eigenvalue weighted by atomic mass is 79.9. The number of hydrogen-bond donors (Lipinski definition) is 0. The van der Waals surface area contributed by atoms with Crippen molar-refractivity contribution in [3.05, 3.63) is 43.7 Å². The first-order valence-electron chi connectivity index (χ1n) is 9.18. The maximum Gasteiger partial charge on any atom is 0.350 e. The predicted molar refractivity (Wildman–Crippen MR) is 113 cm³/mol. The quantitative estimate of drug-likeness (QED) is 0.412. The number of rotatable bonds is 9. The Morgan fingerprint density at radius 1 is 1.29 bits per heavy atom. The molecule has 9 heteroatoms. The van der Waals surface area contributed by atoms with E-state index < -0.39 is 5.97 Å². The predicted octanol–water partition coefficient (Wildman–Crippen LogP) is 3.78. The van der Waals surface area contributed by atoms with Gasteiger partial charge in [-0.2, -0.15) is 0 Å². The summed E-state index contributed by atoms with van der Waals surface area (Å²) in [7, 11) is 0. The fourth-order valence-electron chi connectivity index (χ4n) is 2.59. The molecule has 2 aromatic heterocycles. The molecule has 0 N–H and O–H groups in total. The van der Waals surface area contributed by atoms with Crippen LogP contribution in [0.25, 0.3) is 0 Å². The zero-order valence-corrected chi connectivity index (χ0v) is 18.6. The van der Waals surface area contributed by atoms with Gasteiger partial charge in [-0.15, -0.1) is 0 Å². The number of halogens is 1. The van der Waals surface area contributed by atoms with E-state index in [9.17, 15) is 14.4 Å². The molecule has 2 rings (SSSR count). The molecule has 152 valence electrons. The van der Waals surface area contributed by atoms with Crippen LogP contribution in [0.2, 0.25) is 0 Å². The number of carbonyl (C=O) groups excluding carboxylic acids is 2. The first-order chi connectivity index (χ1) is 13.4. The van der Waals surface area contributed by atoms with Crippen molar-refractivity contribution < 1.29 is 14.3 Å². The molecule has 2 heterocycles. The molecule has 0 atom stereocenters. The number of anilines is 1. The molecule has 2 aromatic rings. The zero-order chi connectivity index (χ0) is 20.7.